The zero-order valence-electron chi connectivity index (χ0n) is 4.87. The van der Waals surface area contributed by atoms with Crippen LogP contribution in [0.3, 0.4) is 0 Å². The second-order valence-electron chi connectivity index (χ2n) is 1.09. The highest BCUT2D eigenvalue weighted by atomic mass is 32.5. The van der Waals surface area contributed by atoms with Gasteiger partial charge in [-0.1, -0.05) is 0 Å². The summed E-state index contributed by atoms with van der Waals surface area (Å²) in [5.74, 6) is 0.661. The van der Waals surface area contributed by atoms with Gasteiger partial charge in [-0.05, 0) is 6.92 Å². The Hall–Kier alpha value is 0.530. The van der Waals surface area contributed by atoms with Gasteiger partial charge >= 0.3 is 6.72 Å². The van der Waals surface area contributed by atoms with Crippen LogP contribution in [0, 0.1) is 0 Å². The van der Waals surface area contributed by atoms with Gasteiger partial charge in [-0.2, -0.15) is 0 Å². The molecule has 0 aliphatic carbocycles. The summed E-state index contributed by atoms with van der Waals surface area (Å²) in [4.78, 5) is 17.5. The summed E-state index contributed by atoms with van der Waals surface area (Å²) < 4.78 is 4.36. The Morgan fingerprint density at radius 2 is 2.12 bits per heavy atom. The molecule has 0 saturated heterocycles. The van der Waals surface area contributed by atoms with E-state index in [1.807, 2.05) is 6.92 Å². The summed E-state index contributed by atoms with van der Waals surface area (Å²) in [6.45, 7) is -1.17. The summed E-state index contributed by atoms with van der Waals surface area (Å²) in [5.41, 5.74) is 0. The number of hydrogen-bond donors (Lipinski definition) is 2. The molecule has 0 amide bonds. The Morgan fingerprint density at radius 3 is 2.25 bits per heavy atom. The van der Waals surface area contributed by atoms with Gasteiger partial charge in [0.1, 0.15) is 0 Å². The van der Waals surface area contributed by atoms with Crippen LogP contribution in [0.2, 0.25) is 0 Å². The predicted molar refractivity (Wildman–Crippen MR) is 36.3 cm³/mol. The second kappa shape index (κ2) is 3.54. The highest BCUT2D eigenvalue weighted by Gasteiger charge is 2.20. The SMILES string of the molecule is CC[S+]=P(O)(O)OC. The van der Waals surface area contributed by atoms with Gasteiger partial charge in [0.2, 0.25) is 10.9 Å². The van der Waals surface area contributed by atoms with E-state index in [1.54, 1.807) is 0 Å². The van der Waals surface area contributed by atoms with Crippen molar-refractivity contribution in [1.82, 2.24) is 0 Å². The van der Waals surface area contributed by atoms with Gasteiger partial charge in [0.05, 0.1) is 0 Å². The summed E-state index contributed by atoms with van der Waals surface area (Å²) in [6.07, 6.45) is 0. The van der Waals surface area contributed by atoms with Crippen molar-refractivity contribution >= 4 is 17.7 Å². The molecule has 0 saturated carbocycles. The first-order chi connectivity index (χ1) is 3.62. The molecule has 0 fully saturated rings. The zero-order valence-corrected chi connectivity index (χ0v) is 6.58. The molecular formula is C3H10O3PS+. The van der Waals surface area contributed by atoms with Gasteiger partial charge in [0, 0.05) is 7.11 Å². The minimum Gasteiger partial charge on any atom is -0.289 e. The van der Waals surface area contributed by atoms with Gasteiger partial charge < -0.3 is 0 Å². The minimum atomic E-state index is -3.01. The standard InChI is InChI=1S/C3H10O3PS/c1-3-8-7(4,5)6-2/h4-5H,3H2,1-2H3/q+1. The van der Waals surface area contributed by atoms with Gasteiger partial charge in [-0.3, -0.25) is 14.3 Å². The van der Waals surface area contributed by atoms with Crippen molar-refractivity contribution < 1.29 is 14.3 Å². The van der Waals surface area contributed by atoms with Crippen molar-refractivity contribution in [3.05, 3.63) is 0 Å². The van der Waals surface area contributed by atoms with E-state index in [1.165, 1.54) is 7.11 Å². The van der Waals surface area contributed by atoms with Crippen molar-refractivity contribution in [1.29, 1.82) is 0 Å². The fraction of sp³-hybridized carbons (Fsp3) is 1.00. The van der Waals surface area contributed by atoms with Crippen LogP contribution >= 0.6 is 6.72 Å². The molecule has 3 nitrogen and oxygen atoms in total. The molecule has 0 spiro atoms. The average Bonchev–Trinajstić information content (AvgIpc) is 1.67. The lowest BCUT2D eigenvalue weighted by Gasteiger charge is -1.92. The Morgan fingerprint density at radius 1 is 1.62 bits per heavy atom. The van der Waals surface area contributed by atoms with Crippen molar-refractivity contribution in [3.63, 3.8) is 0 Å². The Bertz CT molecular complexity index is 107. The number of hydrogen-bond acceptors (Lipinski definition) is 1. The van der Waals surface area contributed by atoms with E-state index in [0.717, 1.165) is 10.9 Å². The smallest absolute Gasteiger partial charge is 0.289 e. The lowest BCUT2D eigenvalue weighted by atomic mass is 11.0. The molecule has 0 atom stereocenters. The normalized spacial score (nSPS) is 11.5. The van der Waals surface area contributed by atoms with Crippen LogP contribution in [0.25, 0.3) is 0 Å². The topological polar surface area (TPSA) is 49.7 Å². The van der Waals surface area contributed by atoms with Gasteiger partial charge in [0.15, 0.2) is 5.75 Å². The molecular weight excluding hydrogens is 147 g/mol. The first-order valence-electron chi connectivity index (χ1n) is 2.17. The maximum Gasteiger partial charge on any atom is 0.517 e. The second-order valence-corrected chi connectivity index (χ2v) is 5.47. The Kier molecular flexibility index (Phi) is 3.77. The lowest BCUT2D eigenvalue weighted by molar-refractivity contribution is 0.306. The van der Waals surface area contributed by atoms with Crippen LogP contribution in [0.15, 0.2) is 0 Å². The Labute approximate surface area is 52.5 Å². The minimum absolute atomic E-state index is 0.661. The summed E-state index contributed by atoms with van der Waals surface area (Å²) in [5, 5.41) is 0. The Balaban J connectivity index is 3.88. The highest BCUT2D eigenvalue weighted by Crippen LogP contribution is 2.37. The van der Waals surface area contributed by atoms with Crippen LogP contribution in [-0.4, -0.2) is 22.6 Å². The van der Waals surface area contributed by atoms with E-state index in [-0.39, 0.29) is 0 Å². The predicted octanol–water partition coefficient (Wildman–Crippen LogP) is 0.397. The van der Waals surface area contributed by atoms with Crippen molar-refractivity contribution in [2.45, 2.75) is 6.92 Å². The molecule has 0 rings (SSSR count). The van der Waals surface area contributed by atoms with Crippen LogP contribution in [0.5, 0.6) is 0 Å². The highest BCUT2D eigenvalue weighted by molar-refractivity contribution is 8.16. The third-order valence-corrected chi connectivity index (χ3v) is 3.84. The molecule has 0 aliphatic rings. The maximum atomic E-state index is 8.73. The fourth-order valence-corrected chi connectivity index (χ4v) is 1.99. The van der Waals surface area contributed by atoms with Crippen LogP contribution in [0.4, 0.5) is 0 Å². The largest absolute Gasteiger partial charge is 0.517 e. The molecule has 8 heavy (non-hydrogen) atoms. The molecule has 0 bridgehead atoms. The third-order valence-electron chi connectivity index (χ3n) is 0.535. The summed E-state index contributed by atoms with van der Waals surface area (Å²) >= 11 is 0. The average molecular weight is 157 g/mol. The molecule has 0 aromatic carbocycles. The van der Waals surface area contributed by atoms with E-state index < -0.39 is 6.72 Å². The lowest BCUT2D eigenvalue weighted by Crippen LogP contribution is -1.83. The summed E-state index contributed by atoms with van der Waals surface area (Å²) in [6, 6.07) is 0. The van der Waals surface area contributed by atoms with E-state index in [0.29, 0.717) is 5.75 Å². The maximum absolute atomic E-state index is 8.73. The van der Waals surface area contributed by atoms with E-state index >= 15 is 0 Å². The van der Waals surface area contributed by atoms with Crippen LogP contribution < -0.4 is 0 Å². The molecule has 2 N–H and O–H groups in total. The molecule has 5 heteroatoms. The van der Waals surface area contributed by atoms with Gasteiger partial charge in [-0.15, -0.1) is 0 Å². The van der Waals surface area contributed by atoms with Gasteiger partial charge in [0.25, 0.3) is 0 Å². The summed E-state index contributed by atoms with van der Waals surface area (Å²) in [7, 11) is 2.32. The monoisotopic (exact) mass is 157 g/mol. The van der Waals surface area contributed by atoms with Crippen molar-refractivity contribution in [3.8, 4) is 0 Å². The molecule has 50 valence electrons. The molecule has 0 unspecified atom stereocenters. The fourth-order valence-electron chi connectivity index (χ4n) is 0.221. The van der Waals surface area contributed by atoms with E-state index in [2.05, 4.69) is 4.52 Å². The molecule has 0 aromatic rings. The van der Waals surface area contributed by atoms with Gasteiger partial charge in [-0.25, -0.2) is 0 Å². The van der Waals surface area contributed by atoms with Crippen LogP contribution in [-0.2, 0) is 15.5 Å². The van der Waals surface area contributed by atoms with E-state index in [9.17, 15) is 0 Å². The first-order valence-corrected chi connectivity index (χ1v) is 5.37. The third kappa shape index (κ3) is 3.52. The molecule has 0 heterocycles. The van der Waals surface area contributed by atoms with Crippen LogP contribution in [0.1, 0.15) is 6.92 Å². The zero-order chi connectivity index (χ0) is 6.62. The number of rotatable bonds is 2. The molecule has 0 aromatic heterocycles. The molecule has 0 aliphatic heterocycles. The van der Waals surface area contributed by atoms with Crippen molar-refractivity contribution in [2.75, 3.05) is 12.9 Å². The molecule has 0 radical (unpaired) electrons. The quantitative estimate of drug-likeness (QED) is 0.450. The van der Waals surface area contributed by atoms with E-state index in [4.69, 9.17) is 9.79 Å². The first kappa shape index (κ1) is 8.53. The van der Waals surface area contributed by atoms with Crippen molar-refractivity contribution in [2.24, 2.45) is 0 Å².